The minimum atomic E-state index is 0.495. The topological polar surface area (TPSA) is 12.0 Å². The van der Waals surface area contributed by atoms with Gasteiger partial charge in [-0.2, -0.15) is 0 Å². The van der Waals surface area contributed by atoms with Gasteiger partial charge in [0.2, 0.25) is 0 Å². The fraction of sp³-hybridized carbons (Fsp3) is 0.667. The lowest BCUT2D eigenvalue weighted by Gasteiger charge is -2.39. The van der Waals surface area contributed by atoms with Gasteiger partial charge in [0.15, 0.2) is 0 Å². The Balaban J connectivity index is 2.11. The summed E-state index contributed by atoms with van der Waals surface area (Å²) in [7, 11) is 0. The number of nitrogens with one attached hydrogen (secondary N) is 1. The first-order valence-corrected chi connectivity index (χ1v) is 7.89. The van der Waals surface area contributed by atoms with Crippen molar-refractivity contribution in [3.63, 3.8) is 0 Å². The van der Waals surface area contributed by atoms with E-state index in [1.165, 1.54) is 50.6 Å². The highest BCUT2D eigenvalue weighted by atomic mass is 14.9. The van der Waals surface area contributed by atoms with Crippen molar-refractivity contribution >= 4 is 0 Å². The molecule has 1 saturated carbocycles. The number of hydrogen-bond acceptors (Lipinski definition) is 1. The van der Waals surface area contributed by atoms with Crippen LogP contribution < -0.4 is 5.32 Å². The molecule has 0 spiro atoms. The van der Waals surface area contributed by atoms with E-state index in [1.54, 1.807) is 5.56 Å². The molecule has 106 valence electrons. The van der Waals surface area contributed by atoms with E-state index < -0.39 is 0 Å². The largest absolute Gasteiger partial charge is 0.314 e. The van der Waals surface area contributed by atoms with Crippen molar-refractivity contribution in [1.82, 2.24) is 5.32 Å². The number of aryl methyl sites for hydroxylation is 1. The van der Waals surface area contributed by atoms with Crippen LogP contribution in [0.2, 0.25) is 0 Å². The van der Waals surface area contributed by atoms with Gasteiger partial charge in [-0.3, -0.25) is 0 Å². The van der Waals surface area contributed by atoms with Crippen LogP contribution in [0, 0.1) is 12.3 Å². The molecule has 2 rings (SSSR count). The Kier molecular flexibility index (Phi) is 5.04. The van der Waals surface area contributed by atoms with Crippen LogP contribution in [0.4, 0.5) is 0 Å². The molecule has 0 atom stereocenters. The molecule has 1 aliphatic rings. The normalized spacial score (nSPS) is 18.7. The maximum Gasteiger partial charge on any atom is 0.00134 e. The Morgan fingerprint density at radius 3 is 2.42 bits per heavy atom. The third-order valence-electron chi connectivity index (χ3n) is 4.63. The van der Waals surface area contributed by atoms with Crippen molar-refractivity contribution in [3.05, 3.63) is 35.4 Å². The molecule has 1 fully saturated rings. The molecule has 1 nitrogen and oxygen atoms in total. The monoisotopic (exact) mass is 259 g/mol. The summed E-state index contributed by atoms with van der Waals surface area (Å²) < 4.78 is 0. The van der Waals surface area contributed by atoms with E-state index in [1.807, 2.05) is 0 Å². The second-order valence-corrected chi connectivity index (χ2v) is 6.70. The molecule has 0 bridgehead atoms. The lowest BCUT2D eigenvalue weighted by Crippen LogP contribution is -2.40. The first-order chi connectivity index (χ1) is 9.11. The van der Waals surface area contributed by atoms with Gasteiger partial charge in [-0.1, -0.05) is 57.4 Å². The maximum absolute atomic E-state index is 3.70. The van der Waals surface area contributed by atoms with Crippen LogP contribution >= 0.6 is 0 Å². The molecule has 19 heavy (non-hydrogen) atoms. The van der Waals surface area contributed by atoms with Gasteiger partial charge in [0.05, 0.1) is 0 Å². The molecule has 0 aliphatic heterocycles. The molecule has 1 N–H and O–H groups in total. The predicted molar refractivity (Wildman–Crippen MR) is 83.5 cm³/mol. The standard InChI is InChI=1S/C18H29N/c1-15(2)19-14-18(11-7-4-8-12-18)13-17-10-6-5-9-16(17)3/h5-6,9-10,15,19H,4,7-8,11-14H2,1-3H3. The van der Waals surface area contributed by atoms with Crippen molar-refractivity contribution in [3.8, 4) is 0 Å². The number of rotatable bonds is 5. The molecule has 0 unspecified atom stereocenters. The summed E-state index contributed by atoms with van der Waals surface area (Å²) in [5.74, 6) is 0. The maximum atomic E-state index is 3.70. The van der Waals surface area contributed by atoms with E-state index in [2.05, 4.69) is 50.4 Å². The highest BCUT2D eigenvalue weighted by Gasteiger charge is 2.32. The SMILES string of the molecule is Cc1ccccc1CC1(CNC(C)C)CCCCC1. The van der Waals surface area contributed by atoms with E-state index in [0.29, 0.717) is 11.5 Å². The zero-order valence-corrected chi connectivity index (χ0v) is 12.8. The van der Waals surface area contributed by atoms with Gasteiger partial charge in [-0.25, -0.2) is 0 Å². The van der Waals surface area contributed by atoms with Crippen molar-refractivity contribution in [1.29, 1.82) is 0 Å². The van der Waals surface area contributed by atoms with E-state index in [0.717, 1.165) is 0 Å². The van der Waals surface area contributed by atoms with E-state index >= 15 is 0 Å². The highest BCUT2D eigenvalue weighted by Crippen LogP contribution is 2.39. The fourth-order valence-electron chi connectivity index (χ4n) is 3.35. The van der Waals surface area contributed by atoms with Gasteiger partial charge in [0.1, 0.15) is 0 Å². The van der Waals surface area contributed by atoms with Crippen LogP contribution in [0.1, 0.15) is 57.1 Å². The lowest BCUT2D eigenvalue weighted by molar-refractivity contribution is 0.176. The van der Waals surface area contributed by atoms with Crippen LogP contribution in [-0.4, -0.2) is 12.6 Å². The van der Waals surface area contributed by atoms with Gasteiger partial charge in [-0.05, 0) is 42.7 Å². The summed E-state index contributed by atoms with van der Waals surface area (Å²) in [5.41, 5.74) is 3.50. The molecule has 1 aromatic carbocycles. The van der Waals surface area contributed by atoms with E-state index in [9.17, 15) is 0 Å². The third-order valence-corrected chi connectivity index (χ3v) is 4.63. The minimum absolute atomic E-state index is 0.495. The smallest absolute Gasteiger partial charge is 0.00134 e. The first kappa shape index (κ1) is 14.6. The van der Waals surface area contributed by atoms with Gasteiger partial charge in [0, 0.05) is 12.6 Å². The van der Waals surface area contributed by atoms with Crippen LogP contribution in [0.5, 0.6) is 0 Å². The second-order valence-electron chi connectivity index (χ2n) is 6.70. The molecule has 1 aromatic rings. The average Bonchev–Trinajstić information content (AvgIpc) is 2.41. The molecule has 0 aromatic heterocycles. The molecule has 0 amide bonds. The zero-order valence-electron chi connectivity index (χ0n) is 12.8. The van der Waals surface area contributed by atoms with Crippen LogP contribution in [0.25, 0.3) is 0 Å². The Bertz CT molecular complexity index is 388. The van der Waals surface area contributed by atoms with E-state index in [4.69, 9.17) is 0 Å². The van der Waals surface area contributed by atoms with Crippen LogP contribution in [-0.2, 0) is 6.42 Å². The molecular weight excluding hydrogens is 230 g/mol. The lowest BCUT2D eigenvalue weighted by atomic mass is 9.69. The molecule has 0 saturated heterocycles. The van der Waals surface area contributed by atoms with Crippen molar-refractivity contribution < 1.29 is 0 Å². The van der Waals surface area contributed by atoms with Gasteiger partial charge >= 0.3 is 0 Å². The van der Waals surface area contributed by atoms with Gasteiger partial charge in [0.25, 0.3) is 0 Å². The Morgan fingerprint density at radius 2 is 1.79 bits per heavy atom. The summed E-state index contributed by atoms with van der Waals surface area (Å²) >= 11 is 0. The zero-order chi connectivity index (χ0) is 13.7. The van der Waals surface area contributed by atoms with Crippen molar-refractivity contribution in [2.45, 2.75) is 65.3 Å². The van der Waals surface area contributed by atoms with Gasteiger partial charge < -0.3 is 5.32 Å². The summed E-state index contributed by atoms with van der Waals surface area (Å²) in [5, 5.41) is 3.70. The predicted octanol–water partition coefficient (Wildman–Crippen LogP) is 4.49. The molecule has 0 radical (unpaired) electrons. The Morgan fingerprint density at radius 1 is 1.11 bits per heavy atom. The Hall–Kier alpha value is -0.820. The van der Waals surface area contributed by atoms with E-state index in [-0.39, 0.29) is 0 Å². The highest BCUT2D eigenvalue weighted by molar-refractivity contribution is 5.27. The fourth-order valence-corrected chi connectivity index (χ4v) is 3.35. The molecule has 0 heterocycles. The molecular formula is C18H29N. The second kappa shape index (κ2) is 6.56. The minimum Gasteiger partial charge on any atom is -0.314 e. The van der Waals surface area contributed by atoms with Crippen molar-refractivity contribution in [2.75, 3.05) is 6.54 Å². The number of benzene rings is 1. The summed E-state index contributed by atoms with van der Waals surface area (Å²) in [6.07, 6.45) is 8.27. The summed E-state index contributed by atoms with van der Waals surface area (Å²) in [6.45, 7) is 7.94. The number of hydrogen-bond donors (Lipinski definition) is 1. The van der Waals surface area contributed by atoms with Crippen molar-refractivity contribution in [2.24, 2.45) is 5.41 Å². The average molecular weight is 259 g/mol. The Labute approximate surface area is 118 Å². The molecule has 1 aliphatic carbocycles. The van der Waals surface area contributed by atoms with Crippen LogP contribution in [0.3, 0.4) is 0 Å². The van der Waals surface area contributed by atoms with Gasteiger partial charge in [-0.15, -0.1) is 0 Å². The quantitative estimate of drug-likeness (QED) is 0.821. The summed E-state index contributed by atoms with van der Waals surface area (Å²) in [4.78, 5) is 0. The third kappa shape index (κ3) is 4.07. The molecule has 1 heteroatoms. The summed E-state index contributed by atoms with van der Waals surface area (Å²) in [6, 6.07) is 9.51. The van der Waals surface area contributed by atoms with Crippen LogP contribution in [0.15, 0.2) is 24.3 Å². The first-order valence-electron chi connectivity index (χ1n) is 7.89.